The number of carbonyl (C=O) groups is 2. The molecule has 0 rings (SSSR count). The number of ether oxygens (including phenoxy) is 2. The molecule has 0 aromatic rings. The summed E-state index contributed by atoms with van der Waals surface area (Å²) in [6.45, 7) is 4.02. The number of unbranched alkanes of at least 4 members (excludes halogenated alkanes) is 35. The second kappa shape index (κ2) is 59.6. The molecule has 0 saturated heterocycles. The Morgan fingerprint density at radius 1 is 0.348 bits per heavy atom. The molecular formula is C64H114O5. The van der Waals surface area contributed by atoms with Gasteiger partial charge in [-0.05, 0) is 64.2 Å². The summed E-state index contributed by atoms with van der Waals surface area (Å²) in [6, 6.07) is 0. The molecule has 0 heterocycles. The normalized spacial score (nSPS) is 12.7. The fourth-order valence-electron chi connectivity index (χ4n) is 8.80. The first-order chi connectivity index (χ1) is 34.1. The number of rotatable bonds is 55. The molecule has 0 radical (unpaired) electrons. The number of aliphatic hydroxyl groups excluding tert-OH is 1. The second-order valence-corrected chi connectivity index (χ2v) is 20.1. The SMILES string of the molecule is CC/C=C\C/C=C\C/C=C\C/C=C\C/C=C\C/C=C\CCCCC(=O)OC(CO)COC(=O)CCCCCCCCCCCCCCCCCCCCCCCCCCCCCCCCCCCC. The molecule has 0 saturated carbocycles. The fourth-order valence-corrected chi connectivity index (χ4v) is 8.80. The number of hydrogen-bond acceptors (Lipinski definition) is 5. The van der Waals surface area contributed by atoms with Gasteiger partial charge in [0, 0.05) is 12.8 Å². The average Bonchev–Trinajstić information content (AvgIpc) is 3.35. The van der Waals surface area contributed by atoms with Crippen molar-refractivity contribution in [3.63, 3.8) is 0 Å². The third-order valence-electron chi connectivity index (χ3n) is 13.3. The van der Waals surface area contributed by atoms with E-state index in [-0.39, 0.29) is 25.2 Å². The van der Waals surface area contributed by atoms with E-state index >= 15 is 0 Å². The van der Waals surface area contributed by atoms with Gasteiger partial charge in [-0.1, -0.05) is 299 Å². The number of aliphatic hydroxyl groups is 1. The van der Waals surface area contributed by atoms with E-state index in [1.165, 1.54) is 199 Å². The van der Waals surface area contributed by atoms with E-state index in [2.05, 4.69) is 86.8 Å². The molecule has 0 aliphatic rings. The van der Waals surface area contributed by atoms with Crippen LogP contribution < -0.4 is 0 Å². The highest BCUT2D eigenvalue weighted by atomic mass is 16.6. The summed E-state index contributed by atoms with van der Waals surface area (Å²) >= 11 is 0. The van der Waals surface area contributed by atoms with E-state index in [1.807, 2.05) is 0 Å². The lowest BCUT2D eigenvalue weighted by Gasteiger charge is -2.15. The van der Waals surface area contributed by atoms with Crippen LogP contribution in [0.4, 0.5) is 0 Å². The first-order valence-corrected chi connectivity index (χ1v) is 30.0. The van der Waals surface area contributed by atoms with Crippen LogP contribution in [0.15, 0.2) is 72.9 Å². The van der Waals surface area contributed by atoms with Crippen molar-refractivity contribution in [1.82, 2.24) is 0 Å². The van der Waals surface area contributed by atoms with E-state index in [0.717, 1.165) is 77.0 Å². The molecule has 400 valence electrons. The molecule has 0 fully saturated rings. The highest BCUT2D eigenvalue weighted by Crippen LogP contribution is 2.18. The van der Waals surface area contributed by atoms with Crippen LogP contribution in [0.3, 0.4) is 0 Å². The van der Waals surface area contributed by atoms with Crippen molar-refractivity contribution in [1.29, 1.82) is 0 Å². The molecule has 1 atom stereocenters. The molecule has 0 spiro atoms. The van der Waals surface area contributed by atoms with E-state index in [4.69, 9.17) is 9.47 Å². The molecule has 0 aromatic carbocycles. The van der Waals surface area contributed by atoms with E-state index in [1.54, 1.807) is 0 Å². The van der Waals surface area contributed by atoms with Gasteiger partial charge >= 0.3 is 11.9 Å². The summed E-state index contributed by atoms with van der Waals surface area (Å²) in [5, 5.41) is 9.64. The van der Waals surface area contributed by atoms with Gasteiger partial charge in [-0.15, -0.1) is 0 Å². The lowest BCUT2D eigenvalue weighted by Crippen LogP contribution is -2.28. The van der Waals surface area contributed by atoms with Gasteiger partial charge in [0.05, 0.1) is 6.61 Å². The monoisotopic (exact) mass is 963 g/mol. The van der Waals surface area contributed by atoms with Crippen molar-refractivity contribution in [3.8, 4) is 0 Å². The van der Waals surface area contributed by atoms with Crippen LogP contribution in [-0.2, 0) is 19.1 Å². The van der Waals surface area contributed by atoms with Crippen LogP contribution in [0.1, 0.15) is 303 Å². The standard InChI is InChI=1S/C64H114O5/c1-3-5-7-9-11-13-15-17-19-21-23-25-26-27-28-29-30-31-32-33-34-35-36-37-39-40-42-44-46-48-50-52-54-56-58-63(66)68-61-62(60-65)69-64(67)59-57-55-53-51-49-47-45-43-41-38-24-22-20-18-16-14-12-10-8-6-4-2/h6,8,12,14,18,20,24,38,43,45,49,51,62,65H,3-5,7,9-11,13,15-17,19,21-23,25-37,39-42,44,46-48,50,52-61H2,1-2H3/b8-6-,14-12-,20-18-,38-24-,45-43-,51-49-. The molecule has 0 bridgehead atoms. The van der Waals surface area contributed by atoms with Gasteiger partial charge in [0.1, 0.15) is 6.61 Å². The topological polar surface area (TPSA) is 72.8 Å². The Kier molecular flexibility index (Phi) is 57.3. The van der Waals surface area contributed by atoms with Gasteiger partial charge in [0.15, 0.2) is 6.10 Å². The summed E-state index contributed by atoms with van der Waals surface area (Å²) in [5.41, 5.74) is 0. The zero-order chi connectivity index (χ0) is 49.9. The Hall–Kier alpha value is -2.66. The zero-order valence-electron chi connectivity index (χ0n) is 45.8. The summed E-state index contributed by atoms with van der Waals surface area (Å²) in [7, 11) is 0. The lowest BCUT2D eigenvalue weighted by atomic mass is 10.0. The van der Waals surface area contributed by atoms with Crippen LogP contribution >= 0.6 is 0 Å². The van der Waals surface area contributed by atoms with Crippen LogP contribution in [0.25, 0.3) is 0 Å². The highest BCUT2D eigenvalue weighted by molar-refractivity contribution is 5.70. The van der Waals surface area contributed by atoms with Crippen LogP contribution in [-0.4, -0.2) is 36.4 Å². The van der Waals surface area contributed by atoms with Crippen molar-refractivity contribution >= 4 is 11.9 Å². The van der Waals surface area contributed by atoms with E-state index in [0.29, 0.717) is 12.8 Å². The first-order valence-electron chi connectivity index (χ1n) is 30.0. The number of hydrogen-bond donors (Lipinski definition) is 1. The minimum atomic E-state index is -0.798. The predicted octanol–water partition coefficient (Wildman–Crippen LogP) is 20.4. The Balaban J connectivity index is 3.46. The summed E-state index contributed by atoms with van der Waals surface area (Å²) in [4.78, 5) is 24.5. The first kappa shape index (κ1) is 66.3. The summed E-state index contributed by atoms with van der Waals surface area (Å²) in [5.74, 6) is -0.633. The van der Waals surface area contributed by atoms with Crippen LogP contribution in [0, 0.1) is 0 Å². The summed E-state index contributed by atoms with van der Waals surface area (Å²) < 4.78 is 10.7. The van der Waals surface area contributed by atoms with Crippen molar-refractivity contribution in [2.45, 2.75) is 309 Å². The molecule has 0 amide bonds. The van der Waals surface area contributed by atoms with Gasteiger partial charge in [0.2, 0.25) is 0 Å². The Bertz CT molecular complexity index is 1230. The molecule has 5 nitrogen and oxygen atoms in total. The maximum Gasteiger partial charge on any atom is 0.306 e. The molecule has 1 N–H and O–H groups in total. The van der Waals surface area contributed by atoms with Crippen molar-refractivity contribution in [2.75, 3.05) is 13.2 Å². The average molecular weight is 964 g/mol. The summed E-state index contributed by atoms with van der Waals surface area (Å²) in [6.07, 6.45) is 82.0. The Morgan fingerprint density at radius 2 is 0.623 bits per heavy atom. The van der Waals surface area contributed by atoms with Crippen molar-refractivity contribution < 1.29 is 24.2 Å². The maximum absolute atomic E-state index is 12.3. The Labute approximate surface area is 429 Å². The fraction of sp³-hybridized carbons (Fsp3) is 0.781. The molecule has 1 unspecified atom stereocenters. The quantitative estimate of drug-likeness (QED) is 0.0374. The zero-order valence-corrected chi connectivity index (χ0v) is 45.8. The van der Waals surface area contributed by atoms with Gasteiger partial charge in [-0.25, -0.2) is 0 Å². The molecule has 5 heteroatoms. The smallest absolute Gasteiger partial charge is 0.306 e. The van der Waals surface area contributed by atoms with Crippen molar-refractivity contribution in [3.05, 3.63) is 72.9 Å². The largest absolute Gasteiger partial charge is 0.462 e. The number of carbonyl (C=O) groups excluding carboxylic acids is 2. The third kappa shape index (κ3) is 57.8. The number of esters is 2. The highest BCUT2D eigenvalue weighted by Gasteiger charge is 2.16. The van der Waals surface area contributed by atoms with Crippen molar-refractivity contribution in [2.24, 2.45) is 0 Å². The number of allylic oxidation sites excluding steroid dienone is 12. The van der Waals surface area contributed by atoms with Gasteiger partial charge < -0.3 is 14.6 Å². The van der Waals surface area contributed by atoms with Gasteiger partial charge in [0.25, 0.3) is 0 Å². The van der Waals surface area contributed by atoms with Gasteiger partial charge in [-0.3, -0.25) is 9.59 Å². The Morgan fingerprint density at radius 3 is 0.942 bits per heavy atom. The third-order valence-corrected chi connectivity index (χ3v) is 13.3. The molecule has 0 aromatic heterocycles. The van der Waals surface area contributed by atoms with E-state index < -0.39 is 6.10 Å². The lowest BCUT2D eigenvalue weighted by molar-refractivity contribution is -0.161. The minimum absolute atomic E-state index is 0.0840. The van der Waals surface area contributed by atoms with E-state index in [9.17, 15) is 14.7 Å². The van der Waals surface area contributed by atoms with Gasteiger partial charge in [-0.2, -0.15) is 0 Å². The molecular weight excluding hydrogens is 849 g/mol. The van der Waals surface area contributed by atoms with Crippen LogP contribution in [0.2, 0.25) is 0 Å². The second-order valence-electron chi connectivity index (χ2n) is 20.1. The van der Waals surface area contributed by atoms with Crippen LogP contribution in [0.5, 0.6) is 0 Å². The minimum Gasteiger partial charge on any atom is -0.462 e. The molecule has 0 aliphatic heterocycles. The molecule has 0 aliphatic carbocycles. The molecule has 69 heavy (non-hydrogen) atoms. The maximum atomic E-state index is 12.3. The predicted molar refractivity (Wildman–Crippen MR) is 302 cm³/mol.